The van der Waals surface area contributed by atoms with Gasteiger partial charge in [0.15, 0.2) is 5.82 Å². The fourth-order valence-electron chi connectivity index (χ4n) is 4.84. The third-order valence-corrected chi connectivity index (χ3v) is 6.35. The molecule has 5 heteroatoms. The molecular weight excluding hydrogens is 348 g/mol. The summed E-state index contributed by atoms with van der Waals surface area (Å²) < 4.78 is 0. The van der Waals surface area contributed by atoms with Gasteiger partial charge in [-0.3, -0.25) is 4.79 Å². The van der Waals surface area contributed by atoms with E-state index in [-0.39, 0.29) is 5.41 Å². The van der Waals surface area contributed by atoms with Gasteiger partial charge in [0.25, 0.3) is 0 Å². The second kappa shape index (κ2) is 8.29. The smallest absolute Gasteiger partial charge is 0.233 e. The van der Waals surface area contributed by atoms with Gasteiger partial charge in [-0.05, 0) is 43.9 Å². The predicted octanol–water partition coefficient (Wildman–Crippen LogP) is 3.73. The number of rotatable bonds is 3. The molecule has 2 heterocycles. The maximum Gasteiger partial charge on any atom is 0.233 e. The standard InChI is InChI=1S/C23H30N4O/c1-19-8-5-9-20(18-19)23(11-3-2-4-12-23)22(28)27-15-7-14-26(16-17-27)21-10-6-13-24-25-21/h5-6,8-10,13,18H,2-4,7,11-12,14-17H2,1H3. The summed E-state index contributed by atoms with van der Waals surface area (Å²) in [5, 5.41) is 8.25. The first-order valence-electron chi connectivity index (χ1n) is 10.6. The highest BCUT2D eigenvalue weighted by Gasteiger charge is 2.43. The molecule has 0 atom stereocenters. The molecule has 1 amide bonds. The van der Waals surface area contributed by atoms with Crippen molar-refractivity contribution in [3.8, 4) is 0 Å². The molecule has 0 radical (unpaired) electrons. The van der Waals surface area contributed by atoms with Gasteiger partial charge in [0.1, 0.15) is 0 Å². The van der Waals surface area contributed by atoms with Gasteiger partial charge in [0.2, 0.25) is 5.91 Å². The van der Waals surface area contributed by atoms with Gasteiger partial charge in [-0.15, -0.1) is 5.10 Å². The Kier molecular flexibility index (Phi) is 5.60. The van der Waals surface area contributed by atoms with E-state index in [2.05, 4.69) is 51.2 Å². The van der Waals surface area contributed by atoms with Crippen LogP contribution in [0, 0.1) is 6.92 Å². The highest BCUT2D eigenvalue weighted by atomic mass is 16.2. The number of hydrogen-bond donors (Lipinski definition) is 0. The van der Waals surface area contributed by atoms with E-state index in [1.807, 2.05) is 12.1 Å². The monoisotopic (exact) mass is 378 g/mol. The number of hydrogen-bond acceptors (Lipinski definition) is 4. The van der Waals surface area contributed by atoms with Crippen LogP contribution in [0.2, 0.25) is 0 Å². The maximum atomic E-state index is 13.9. The minimum Gasteiger partial charge on any atom is -0.353 e. The Morgan fingerprint density at radius 1 is 0.964 bits per heavy atom. The van der Waals surface area contributed by atoms with Crippen molar-refractivity contribution in [2.75, 3.05) is 31.1 Å². The number of benzene rings is 1. The molecule has 28 heavy (non-hydrogen) atoms. The Labute approximate surface area is 167 Å². The summed E-state index contributed by atoms with van der Waals surface area (Å²) in [5.74, 6) is 1.24. The van der Waals surface area contributed by atoms with E-state index in [0.717, 1.165) is 64.1 Å². The van der Waals surface area contributed by atoms with Crippen LogP contribution in [-0.2, 0) is 10.2 Å². The number of amides is 1. The van der Waals surface area contributed by atoms with E-state index < -0.39 is 0 Å². The van der Waals surface area contributed by atoms with E-state index in [4.69, 9.17) is 0 Å². The quantitative estimate of drug-likeness (QED) is 0.817. The van der Waals surface area contributed by atoms with E-state index in [0.29, 0.717) is 5.91 Å². The number of carbonyl (C=O) groups excluding carboxylic acids is 1. The van der Waals surface area contributed by atoms with E-state index in [1.54, 1.807) is 6.20 Å². The SMILES string of the molecule is Cc1cccc(C2(C(=O)N3CCCN(c4cccnn4)CC3)CCCCC2)c1. The van der Waals surface area contributed by atoms with Crippen LogP contribution >= 0.6 is 0 Å². The summed E-state index contributed by atoms with van der Waals surface area (Å²) in [7, 11) is 0. The van der Waals surface area contributed by atoms with E-state index >= 15 is 0 Å². The van der Waals surface area contributed by atoms with Crippen molar-refractivity contribution in [2.45, 2.75) is 50.9 Å². The van der Waals surface area contributed by atoms with Crippen molar-refractivity contribution >= 4 is 11.7 Å². The Morgan fingerprint density at radius 3 is 2.57 bits per heavy atom. The summed E-state index contributed by atoms with van der Waals surface area (Å²) >= 11 is 0. The van der Waals surface area contributed by atoms with Crippen LogP contribution in [0.15, 0.2) is 42.6 Å². The molecule has 1 aliphatic carbocycles. The van der Waals surface area contributed by atoms with E-state index in [1.165, 1.54) is 17.5 Å². The van der Waals surface area contributed by atoms with Gasteiger partial charge in [0, 0.05) is 32.4 Å². The highest BCUT2D eigenvalue weighted by Crippen LogP contribution is 2.41. The van der Waals surface area contributed by atoms with Crippen LogP contribution in [0.1, 0.15) is 49.7 Å². The minimum atomic E-state index is -0.341. The fraction of sp³-hybridized carbons (Fsp3) is 0.522. The lowest BCUT2D eigenvalue weighted by molar-refractivity contribution is -0.138. The first kappa shape index (κ1) is 18.9. The zero-order chi connectivity index (χ0) is 19.4. The molecule has 1 aliphatic heterocycles. The Bertz CT molecular complexity index is 801. The predicted molar refractivity (Wildman–Crippen MR) is 111 cm³/mol. The highest BCUT2D eigenvalue weighted by molar-refractivity contribution is 5.88. The molecule has 2 aliphatic rings. The average molecular weight is 379 g/mol. The van der Waals surface area contributed by atoms with Crippen LogP contribution in [0.25, 0.3) is 0 Å². The first-order valence-corrected chi connectivity index (χ1v) is 10.6. The summed E-state index contributed by atoms with van der Waals surface area (Å²) in [5.41, 5.74) is 2.11. The number of nitrogens with zero attached hydrogens (tertiary/aromatic N) is 4. The lowest BCUT2D eigenvalue weighted by atomic mass is 9.68. The van der Waals surface area contributed by atoms with Crippen LogP contribution in [-0.4, -0.2) is 47.2 Å². The molecule has 5 nitrogen and oxygen atoms in total. The minimum absolute atomic E-state index is 0.332. The molecule has 1 aromatic heterocycles. The van der Waals surface area contributed by atoms with Crippen molar-refractivity contribution < 1.29 is 4.79 Å². The number of aromatic nitrogens is 2. The van der Waals surface area contributed by atoms with Crippen molar-refractivity contribution in [3.05, 3.63) is 53.7 Å². The molecule has 0 N–H and O–H groups in total. The lowest BCUT2D eigenvalue weighted by Gasteiger charge is -2.40. The Hall–Kier alpha value is -2.43. The molecule has 2 fully saturated rings. The van der Waals surface area contributed by atoms with Gasteiger partial charge < -0.3 is 9.80 Å². The average Bonchev–Trinajstić information content (AvgIpc) is 3.01. The van der Waals surface area contributed by atoms with Crippen molar-refractivity contribution in [1.29, 1.82) is 0 Å². The van der Waals surface area contributed by atoms with Gasteiger partial charge in [-0.2, -0.15) is 5.10 Å². The van der Waals surface area contributed by atoms with Gasteiger partial charge in [-0.25, -0.2) is 0 Å². The molecule has 1 saturated heterocycles. The summed E-state index contributed by atoms with van der Waals surface area (Å²) in [6.45, 7) is 5.43. The third kappa shape index (κ3) is 3.75. The molecule has 0 spiro atoms. The largest absolute Gasteiger partial charge is 0.353 e. The van der Waals surface area contributed by atoms with Crippen LogP contribution in [0.5, 0.6) is 0 Å². The molecule has 4 rings (SSSR count). The fourth-order valence-corrected chi connectivity index (χ4v) is 4.84. The maximum absolute atomic E-state index is 13.9. The van der Waals surface area contributed by atoms with Crippen molar-refractivity contribution in [1.82, 2.24) is 15.1 Å². The number of carbonyl (C=O) groups is 1. The van der Waals surface area contributed by atoms with Crippen molar-refractivity contribution in [3.63, 3.8) is 0 Å². The zero-order valence-electron chi connectivity index (χ0n) is 16.8. The molecule has 1 saturated carbocycles. The third-order valence-electron chi connectivity index (χ3n) is 6.35. The number of aryl methyl sites for hydroxylation is 1. The van der Waals surface area contributed by atoms with Crippen molar-refractivity contribution in [2.24, 2.45) is 0 Å². The molecule has 148 valence electrons. The second-order valence-electron chi connectivity index (χ2n) is 8.23. The summed E-state index contributed by atoms with van der Waals surface area (Å²) in [6, 6.07) is 12.5. The second-order valence-corrected chi connectivity index (χ2v) is 8.23. The first-order chi connectivity index (χ1) is 13.7. The molecule has 0 bridgehead atoms. The van der Waals surface area contributed by atoms with E-state index in [9.17, 15) is 4.79 Å². The molecule has 2 aromatic rings. The zero-order valence-corrected chi connectivity index (χ0v) is 16.8. The van der Waals surface area contributed by atoms with Crippen LogP contribution in [0.4, 0.5) is 5.82 Å². The number of anilines is 1. The van der Waals surface area contributed by atoms with Crippen LogP contribution < -0.4 is 4.90 Å². The van der Waals surface area contributed by atoms with Gasteiger partial charge in [-0.1, -0.05) is 49.1 Å². The molecule has 1 aromatic carbocycles. The Balaban J connectivity index is 1.56. The lowest BCUT2D eigenvalue weighted by Crippen LogP contribution is -2.49. The summed E-state index contributed by atoms with van der Waals surface area (Å²) in [4.78, 5) is 18.2. The Morgan fingerprint density at radius 2 is 1.82 bits per heavy atom. The van der Waals surface area contributed by atoms with Gasteiger partial charge in [0.05, 0.1) is 5.41 Å². The molecule has 0 unspecified atom stereocenters. The molecular formula is C23H30N4O. The summed E-state index contributed by atoms with van der Waals surface area (Å²) in [6.07, 6.45) is 8.12. The van der Waals surface area contributed by atoms with Crippen LogP contribution in [0.3, 0.4) is 0 Å². The van der Waals surface area contributed by atoms with Gasteiger partial charge >= 0.3 is 0 Å². The topological polar surface area (TPSA) is 49.3 Å². The normalized spacial score (nSPS) is 19.9.